The van der Waals surface area contributed by atoms with Crippen molar-refractivity contribution in [1.82, 2.24) is 0 Å². The van der Waals surface area contributed by atoms with Crippen LogP contribution in [0.1, 0.15) is 117 Å². The van der Waals surface area contributed by atoms with Crippen molar-refractivity contribution < 1.29 is 28.2 Å². The fourth-order valence-electron chi connectivity index (χ4n) is 8.45. The molecular weight excluding hydrogens is 617 g/mol. The summed E-state index contributed by atoms with van der Waals surface area (Å²) in [7, 11) is -2.06. The first-order chi connectivity index (χ1) is 23.2. The first-order valence-corrected chi connectivity index (χ1v) is 21.1. The zero-order valence-corrected chi connectivity index (χ0v) is 31.7. The lowest BCUT2D eigenvalue weighted by Crippen LogP contribution is -2.49. The molecule has 2 fully saturated rings. The molecule has 0 aromatic heterocycles. The van der Waals surface area contributed by atoms with E-state index in [0.717, 1.165) is 76.6 Å². The van der Waals surface area contributed by atoms with Crippen molar-refractivity contribution in [3.8, 4) is 0 Å². The number of hydrogen-bond donors (Lipinski definition) is 0. The average molecular weight is 681 g/mol. The predicted molar refractivity (Wildman–Crippen MR) is 196 cm³/mol. The van der Waals surface area contributed by atoms with Gasteiger partial charge in [-0.15, -0.1) is 0 Å². The molecule has 7 heteroatoms. The van der Waals surface area contributed by atoms with Crippen molar-refractivity contribution >= 4 is 14.3 Å². The molecule has 1 unspecified atom stereocenters. The minimum Gasteiger partial charge on any atom is -0.461 e. The molecular formula is C41H64O6Si. The molecule has 6 nitrogen and oxygen atoms in total. The predicted octanol–water partition coefficient (Wildman–Crippen LogP) is 10.4. The lowest BCUT2D eigenvalue weighted by atomic mass is 9.89. The molecule has 48 heavy (non-hydrogen) atoms. The van der Waals surface area contributed by atoms with Crippen LogP contribution in [0.3, 0.4) is 0 Å². The molecule has 0 radical (unpaired) electrons. The van der Waals surface area contributed by atoms with Crippen LogP contribution in [0.15, 0.2) is 60.7 Å². The van der Waals surface area contributed by atoms with Crippen molar-refractivity contribution in [2.45, 2.75) is 154 Å². The number of carbonyl (C=O) groups is 1. The number of hydrogen-bond acceptors (Lipinski definition) is 6. The molecule has 1 aliphatic heterocycles. The summed E-state index contributed by atoms with van der Waals surface area (Å²) >= 11 is 0. The highest BCUT2D eigenvalue weighted by Gasteiger charge is 2.49. The van der Waals surface area contributed by atoms with E-state index >= 15 is 0 Å². The van der Waals surface area contributed by atoms with Gasteiger partial charge in [-0.2, -0.15) is 0 Å². The standard InChI is InChI=1S/C41H64O6Si/c1-31(2)48(32(3)4,33(5)6)46-30-37-36(23-15-7-8-16-24-40(42)45-29-35-21-13-10-14-22-35)39(47-41-25-17-18-26-43-41)27-38(37)44-28-34-19-11-9-12-20-34/h9-14,19-22,31-33,36-39,41H,7-8,15-18,23-30H2,1-6H3/t36-,37-,38-,39+,41?/m1/s1. The number of carbonyl (C=O) groups excluding carboxylic acids is 1. The van der Waals surface area contributed by atoms with Crippen LogP contribution < -0.4 is 0 Å². The van der Waals surface area contributed by atoms with E-state index in [9.17, 15) is 4.79 Å². The Hall–Kier alpha value is -2.03. The van der Waals surface area contributed by atoms with Gasteiger partial charge in [0, 0.05) is 32.0 Å². The van der Waals surface area contributed by atoms with Crippen LogP contribution in [-0.2, 0) is 41.4 Å². The third kappa shape index (κ3) is 11.2. The normalized spacial score (nSPS) is 23.3. The van der Waals surface area contributed by atoms with Gasteiger partial charge in [-0.1, -0.05) is 121 Å². The Morgan fingerprint density at radius 1 is 0.771 bits per heavy atom. The maximum Gasteiger partial charge on any atom is 0.306 e. The quantitative estimate of drug-likeness (QED) is 0.0788. The molecule has 5 atom stereocenters. The van der Waals surface area contributed by atoms with Crippen LogP contribution in [0.2, 0.25) is 16.6 Å². The summed E-state index contributed by atoms with van der Waals surface area (Å²) in [5.41, 5.74) is 3.82. The molecule has 4 rings (SSSR count). The molecule has 268 valence electrons. The zero-order chi connectivity index (χ0) is 34.4. The van der Waals surface area contributed by atoms with E-state index in [-0.39, 0.29) is 30.4 Å². The Morgan fingerprint density at radius 3 is 2.00 bits per heavy atom. The summed E-state index contributed by atoms with van der Waals surface area (Å²) in [6, 6.07) is 20.4. The van der Waals surface area contributed by atoms with Gasteiger partial charge in [0.05, 0.1) is 18.8 Å². The highest BCUT2D eigenvalue weighted by Crippen LogP contribution is 2.46. The largest absolute Gasteiger partial charge is 0.461 e. The van der Waals surface area contributed by atoms with E-state index in [1.165, 1.54) is 5.56 Å². The second-order valence-corrected chi connectivity index (χ2v) is 20.6. The molecule has 1 heterocycles. The smallest absolute Gasteiger partial charge is 0.306 e. The summed E-state index contributed by atoms with van der Waals surface area (Å²) in [6.45, 7) is 16.7. The van der Waals surface area contributed by atoms with Crippen LogP contribution in [0, 0.1) is 11.8 Å². The van der Waals surface area contributed by atoms with Gasteiger partial charge in [0.1, 0.15) is 6.61 Å². The van der Waals surface area contributed by atoms with Crippen molar-refractivity contribution in [2.75, 3.05) is 13.2 Å². The van der Waals surface area contributed by atoms with E-state index in [1.807, 2.05) is 30.3 Å². The van der Waals surface area contributed by atoms with Crippen LogP contribution >= 0.6 is 0 Å². The molecule has 0 amide bonds. The first-order valence-electron chi connectivity index (χ1n) is 19.0. The van der Waals surface area contributed by atoms with Gasteiger partial charge in [0.25, 0.3) is 0 Å². The second kappa shape index (κ2) is 20.0. The monoisotopic (exact) mass is 680 g/mol. The van der Waals surface area contributed by atoms with E-state index < -0.39 is 8.32 Å². The zero-order valence-electron chi connectivity index (χ0n) is 30.7. The highest BCUT2D eigenvalue weighted by molar-refractivity contribution is 6.77. The minimum absolute atomic E-state index is 0.0707. The summed E-state index contributed by atoms with van der Waals surface area (Å²) in [5.74, 6) is 0.489. The summed E-state index contributed by atoms with van der Waals surface area (Å²) in [4.78, 5) is 12.4. The second-order valence-electron chi connectivity index (χ2n) is 15.1. The number of unbranched alkanes of at least 4 members (excludes halogenated alkanes) is 3. The lowest BCUT2D eigenvalue weighted by Gasteiger charge is -2.43. The average Bonchev–Trinajstić information content (AvgIpc) is 3.40. The van der Waals surface area contributed by atoms with E-state index in [0.29, 0.717) is 42.2 Å². The van der Waals surface area contributed by atoms with E-state index in [2.05, 4.69) is 71.9 Å². The minimum atomic E-state index is -2.06. The Bertz CT molecular complexity index is 1140. The summed E-state index contributed by atoms with van der Waals surface area (Å²) in [5, 5.41) is 0. The van der Waals surface area contributed by atoms with Gasteiger partial charge >= 0.3 is 5.97 Å². The Balaban J connectivity index is 1.41. The highest BCUT2D eigenvalue weighted by atomic mass is 28.4. The molecule has 2 aliphatic rings. The summed E-state index contributed by atoms with van der Waals surface area (Å²) in [6.07, 6.45) is 9.72. The van der Waals surface area contributed by atoms with Gasteiger partial charge in [0.2, 0.25) is 0 Å². The molecule has 2 aromatic rings. The molecule has 2 aromatic carbocycles. The topological polar surface area (TPSA) is 63.2 Å². The molecule has 0 spiro atoms. The van der Waals surface area contributed by atoms with E-state index in [4.69, 9.17) is 23.4 Å². The molecule has 0 bridgehead atoms. The van der Waals surface area contributed by atoms with E-state index in [1.54, 1.807) is 0 Å². The van der Waals surface area contributed by atoms with Crippen molar-refractivity contribution in [1.29, 1.82) is 0 Å². The third-order valence-corrected chi connectivity index (χ3v) is 17.0. The Morgan fingerprint density at radius 2 is 1.40 bits per heavy atom. The van der Waals surface area contributed by atoms with Crippen LogP contribution in [0.5, 0.6) is 0 Å². The SMILES string of the molecule is CC(C)[Si](OC[C@@H]1[C@@H](CCCCCCC(=O)OCc2ccccc2)[C@@H](OC2CCCCO2)C[C@H]1OCc1ccccc1)(C(C)C)C(C)C. The molecule has 1 saturated heterocycles. The van der Waals surface area contributed by atoms with Gasteiger partial charge in [-0.05, 0) is 65.8 Å². The number of benzene rings is 2. The maximum absolute atomic E-state index is 12.4. The van der Waals surface area contributed by atoms with Crippen molar-refractivity contribution in [3.63, 3.8) is 0 Å². The summed E-state index contributed by atoms with van der Waals surface area (Å²) < 4.78 is 32.5. The van der Waals surface area contributed by atoms with Crippen LogP contribution in [0.25, 0.3) is 0 Å². The number of ether oxygens (including phenoxy) is 4. The molecule has 0 N–H and O–H groups in total. The lowest BCUT2D eigenvalue weighted by molar-refractivity contribution is -0.197. The van der Waals surface area contributed by atoms with Gasteiger partial charge in [-0.25, -0.2) is 0 Å². The van der Waals surface area contributed by atoms with Crippen molar-refractivity contribution in [3.05, 3.63) is 71.8 Å². The molecule has 1 aliphatic carbocycles. The Labute approximate surface area is 292 Å². The fourth-order valence-corrected chi connectivity index (χ4v) is 13.9. The van der Waals surface area contributed by atoms with Gasteiger partial charge < -0.3 is 23.4 Å². The number of esters is 1. The Kier molecular flexibility index (Phi) is 16.1. The first kappa shape index (κ1) is 38.8. The maximum atomic E-state index is 12.4. The third-order valence-electron chi connectivity index (χ3n) is 10.9. The fraction of sp³-hybridized carbons (Fsp3) is 0.683. The van der Waals surface area contributed by atoms with Crippen LogP contribution in [-0.4, -0.2) is 46.0 Å². The molecule has 1 saturated carbocycles. The number of rotatable bonds is 20. The van der Waals surface area contributed by atoms with Crippen LogP contribution in [0.4, 0.5) is 0 Å². The van der Waals surface area contributed by atoms with Gasteiger partial charge in [-0.3, -0.25) is 4.79 Å². The van der Waals surface area contributed by atoms with Gasteiger partial charge in [0.15, 0.2) is 14.6 Å². The van der Waals surface area contributed by atoms with Crippen molar-refractivity contribution in [2.24, 2.45) is 11.8 Å².